The first-order chi connectivity index (χ1) is 7.36. The summed E-state index contributed by atoms with van der Waals surface area (Å²) in [6.07, 6.45) is 17.4. The van der Waals surface area contributed by atoms with Crippen molar-refractivity contribution in [3.05, 3.63) is 53.5 Å². The van der Waals surface area contributed by atoms with Gasteiger partial charge in [0.25, 0.3) is 0 Å². The molecule has 0 aromatic carbocycles. The molecule has 1 heteroatoms. The van der Waals surface area contributed by atoms with Crippen molar-refractivity contribution in [3.63, 3.8) is 0 Å². The first-order valence-electron chi connectivity index (χ1n) is 5.96. The van der Waals surface area contributed by atoms with Crippen LogP contribution >= 0.6 is 0 Å². The van der Waals surface area contributed by atoms with Crippen LogP contribution in [-0.4, -0.2) is 0 Å². The third kappa shape index (κ3) is 1.95. The van der Waals surface area contributed by atoms with Gasteiger partial charge in [0, 0.05) is 26.2 Å². The van der Waals surface area contributed by atoms with Crippen LogP contribution in [0.15, 0.2) is 47.6 Å². The van der Waals surface area contributed by atoms with E-state index in [0.717, 1.165) is 18.3 Å². The second kappa shape index (κ2) is 4.92. The zero-order valence-corrected chi connectivity index (χ0v) is 12.2. The first kappa shape index (κ1) is 12.2. The molecule has 0 nitrogen and oxygen atoms in total. The van der Waals surface area contributed by atoms with Gasteiger partial charge in [0.2, 0.25) is 0 Å². The van der Waals surface area contributed by atoms with Gasteiger partial charge in [-0.25, -0.2) is 0 Å². The minimum absolute atomic E-state index is 0. The van der Waals surface area contributed by atoms with Gasteiger partial charge < -0.3 is 0 Å². The van der Waals surface area contributed by atoms with Crippen LogP contribution in [0.3, 0.4) is 0 Å². The van der Waals surface area contributed by atoms with Gasteiger partial charge in [-0.1, -0.05) is 31.4 Å². The Bertz CT molecular complexity index is 384. The van der Waals surface area contributed by atoms with Gasteiger partial charge in [0.1, 0.15) is 0 Å². The summed E-state index contributed by atoms with van der Waals surface area (Å²) in [6, 6.07) is 0. The van der Waals surface area contributed by atoms with E-state index in [1.54, 1.807) is 17.1 Å². The van der Waals surface area contributed by atoms with E-state index in [2.05, 4.69) is 43.4 Å². The van der Waals surface area contributed by atoms with Crippen LogP contribution in [-0.2, 0) is 26.2 Å². The molecule has 1 fully saturated rings. The van der Waals surface area contributed by atoms with E-state index in [1.165, 1.54) is 12.8 Å². The van der Waals surface area contributed by atoms with Gasteiger partial charge in [-0.05, 0) is 18.8 Å². The Morgan fingerprint density at radius 2 is 2.00 bits per heavy atom. The zero-order chi connectivity index (χ0) is 10.3. The number of fused-ring (bicyclic) bond motifs is 1. The van der Waals surface area contributed by atoms with Crippen LogP contribution in [0.25, 0.3) is 0 Å². The molecule has 0 heterocycles. The molecular formula is C15H17Zr-. The maximum absolute atomic E-state index is 2.38. The maximum Gasteiger partial charge on any atom is 0 e. The van der Waals surface area contributed by atoms with Crippen molar-refractivity contribution in [2.24, 2.45) is 11.8 Å². The molecule has 0 aromatic heterocycles. The molecule has 3 aliphatic carbocycles. The summed E-state index contributed by atoms with van der Waals surface area (Å²) >= 11 is 0. The molecule has 3 aliphatic rings. The number of allylic oxidation sites excluding steroid dienone is 8. The largest absolute Gasteiger partial charge is 0.155 e. The molecule has 0 spiro atoms. The van der Waals surface area contributed by atoms with Gasteiger partial charge >= 0.3 is 0 Å². The third-order valence-corrected chi connectivity index (χ3v) is 3.83. The minimum Gasteiger partial charge on any atom is -0.155 e. The Morgan fingerprint density at radius 3 is 2.75 bits per heavy atom. The van der Waals surface area contributed by atoms with E-state index in [0.29, 0.717) is 0 Å². The zero-order valence-electron chi connectivity index (χ0n) is 9.74. The van der Waals surface area contributed by atoms with Crippen LogP contribution in [0, 0.1) is 17.8 Å². The normalized spacial score (nSPS) is 30.9. The number of rotatable bonds is 1. The summed E-state index contributed by atoms with van der Waals surface area (Å²) in [7, 11) is 0. The van der Waals surface area contributed by atoms with Crippen LogP contribution < -0.4 is 0 Å². The van der Waals surface area contributed by atoms with Gasteiger partial charge in [0.15, 0.2) is 0 Å². The van der Waals surface area contributed by atoms with E-state index < -0.39 is 0 Å². The quantitative estimate of drug-likeness (QED) is 0.640. The van der Waals surface area contributed by atoms with Gasteiger partial charge in [-0.15, -0.1) is 29.2 Å². The van der Waals surface area contributed by atoms with E-state index >= 15 is 0 Å². The standard InChI is InChI=1S/C15H17.Zr/c1-11-10-13-8-4-5-9-14(13)15(11)12-6-2-3-7-12;/h2-6,9,11,13H,7-8,10H2,1H3;/q-1;. The second-order valence-corrected chi connectivity index (χ2v) is 4.86. The van der Waals surface area contributed by atoms with Crippen molar-refractivity contribution >= 4 is 0 Å². The summed E-state index contributed by atoms with van der Waals surface area (Å²) in [5.41, 5.74) is 3.19. The number of hydrogen-bond acceptors (Lipinski definition) is 0. The Balaban J connectivity index is 0.000000963. The van der Waals surface area contributed by atoms with Crippen LogP contribution in [0.5, 0.6) is 0 Å². The fraction of sp³-hybridized carbons (Fsp3) is 0.400. The summed E-state index contributed by atoms with van der Waals surface area (Å²) in [5.74, 6) is 3.21. The van der Waals surface area contributed by atoms with Crippen molar-refractivity contribution in [2.45, 2.75) is 26.2 Å². The molecule has 2 unspecified atom stereocenters. The van der Waals surface area contributed by atoms with Crippen molar-refractivity contribution in [3.8, 4) is 0 Å². The Hall–Kier alpha value is -0.287. The van der Waals surface area contributed by atoms with Gasteiger partial charge in [0.05, 0.1) is 0 Å². The van der Waals surface area contributed by atoms with Crippen LogP contribution in [0.4, 0.5) is 0 Å². The molecule has 0 amide bonds. The molecule has 1 saturated carbocycles. The molecule has 0 saturated heterocycles. The summed E-state index contributed by atoms with van der Waals surface area (Å²) < 4.78 is 0. The van der Waals surface area contributed by atoms with Gasteiger partial charge in [-0.2, -0.15) is 12.2 Å². The summed E-state index contributed by atoms with van der Waals surface area (Å²) in [6.45, 7) is 2.38. The van der Waals surface area contributed by atoms with Gasteiger partial charge in [-0.3, -0.25) is 0 Å². The maximum atomic E-state index is 2.38. The molecule has 0 bridgehead atoms. The smallest absolute Gasteiger partial charge is 0 e. The minimum atomic E-state index is 0. The van der Waals surface area contributed by atoms with Crippen molar-refractivity contribution in [2.75, 3.05) is 0 Å². The first-order valence-corrected chi connectivity index (χ1v) is 5.96. The van der Waals surface area contributed by atoms with Crippen molar-refractivity contribution in [1.29, 1.82) is 0 Å². The Labute approximate surface area is 117 Å². The average molecular weight is 289 g/mol. The Kier molecular flexibility index (Phi) is 3.74. The third-order valence-electron chi connectivity index (χ3n) is 3.83. The second-order valence-electron chi connectivity index (χ2n) is 4.86. The molecule has 16 heavy (non-hydrogen) atoms. The Morgan fingerprint density at radius 1 is 1.19 bits per heavy atom. The molecule has 0 N–H and O–H groups in total. The summed E-state index contributed by atoms with van der Waals surface area (Å²) in [4.78, 5) is 0. The fourth-order valence-corrected chi connectivity index (χ4v) is 3.19. The predicted octanol–water partition coefficient (Wildman–Crippen LogP) is 3.99. The van der Waals surface area contributed by atoms with Crippen molar-refractivity contribution in [1.82, 2.24) is 0 Å². The van der Waals surface area contributed by atoms with E-state index in [1.807, 2.05) is 0 Å². The van der Waals surface area contributed by atoms with E-state index in [-0.39, 0.29) is 26.2 Å². The van der Waals surface area contributed by atoms with Crippen LogP contribution in [0.2, 0.25) is 0 Å². The molecule has 3 rings (SSSR count). The molecule has 0 radical (unpaired) electrons. The molecular weight excluding hydrogens is 271 g/mol. The fourth-order valence-electron chi connectivity index (χ4n) is 3.19. The molecule has 0 aliphatic heterocycles. The summed E-state index contributed by atoms with van der Waals surface area (Å²) in [5, 5.41) is 0. The predicted molar refractivity (Wildman–Crippen MR) is 64.2 cm³/mol. The van der Waals surface area contributed by atoms with E-state index in [4.69, 9.17) is 0 Å². The molecule has 82 valence electrons. The van der Waals surface area contributed by atoms with Crippen LogP contribution in [0.1, 0.15) is 26.2 Å². The monoisotopic (exact) mass is 287 g/mol. The van der Waals surface area contributed by atoms with Crippen molar-refractivity contribution < 1.29 is 26.2 Å². The van der Waals surface area contributed by atoms with E-state index in [9.17, 15) is 0 Å². The topological polar surface area (TPSA) is 0 Å². The SMILES string of the molecule is CC1CC2CC=CC=C2[C-]1C1=CC=CC1.[Zr]. The molecule has 0 aromatic rings. The number of hydrogen-bond donors (Lipinski definition) is 0. The molecule has 2 atom stereocenters. The average Bonchev–Trinajstić information content (AvgIpc) is 2.82.